The number of fused-ring (bicyclic) bond motifs is 1. The van der Waals surface area contributed by atoms with Crippen LogP contribution >= 0.6 is 0 Å². The number of rotatable bonds is 6. The third kappa shape index (κ3) is 5.75. The molecule has 0 bridgehead atoms. The van der Waals surface area contributed by atoms with Gasteiger partial charge in [0.25, 0.3) is 0 Å². The molecule has 1 heterocycles. The standard InChI is InChI=1S/C19H22O4/c1-14(5-4-11-19(2,3)21)10-12-22-16-8-6-15-7-9-18(20)23-17(15)13-16/h4,6-11,13,21H,5,12H2,1-3H3. The third-order valence-electron chi connectivity index (χ3n) is 3.24. The van der Waals surface area contributed by atoms with Crippen LogP contribution in [0.5, 0.6) is 5.75 Å². The summed E-state index contributed by atoms with van der Waals surface area (Å²) < 4.78 is 10.8. The van der Waals surface area contributed by atoms with E-state index in [2.05, 4.69) is 0 Å². The van der Waals surface area contributed by atoms with Gasteiger partial charge < -0.3 is 14.3 Å². The van der Waals surface area contributed by atoms with E-state index >= 15 is 0 Å². The Balaban J connectivity index is 1.94. The van der Waals surface area contributed by atoms with Gasteiger partial charge in [0.1, 0.15) is 17.9 Å². The highest BCUT2D eigenvalue weighted by molar-refractivity contribution is 5.77. The molecule has 0 amide bonds. The Kier molecular flexibility index (Phi) is 5.40. The smallest absolute Gasteiger partial charge is 0.336 e. The molecule has 1 aromatic heterocycles. The first kappa shape index (κ1) is 17.0. The number of hydrogen-bond donors (Lipinski definition) is 1. The zero-order chi connectivity index (χ0) is 16.9. The Morgan fingerprint density at radius 1 is 1.30 bits per heavy atom. The molecule has 4 heteroatoms. The highest BCUT2D eigenvalue weighted by Crippen LogP contribution is 2.19. The Morgan fingerprint density at radius 3 is 2.78 bits per heavy atom. The fraction of sp³-hybridized carbons (Fsp3) is 0.316. The number of aliphatic hydroxyl groups is 1. The summed E-state index contributed by atoms with van der Waals surface area (Å²) in [5, 5.41) is 10.5. The molecule has 2 rings (SSSR count). The SMILES string of the molecule is CC(=CCOc1ccc2ccc(=O)oc2c1)CC=CC(C)(C)O. The van der Waals surface area contributed by atoms with Crippen molar-refractivity contribution >= 4 is 11.0 Å². The number of hydrogen-bond acceptors (Lipinski definition) is 4. The number of benzene rings is 1. The van der Waals surface area contributed by atoms with Crippen LogP contribution in [0, 0.1) is 0 Å². The van der Waals surface area contributed by atoms with Crippen molar-refractivity contribution in [1.29, 1.82) is 0 Å². The zero-order valence-corrected chi connectivity index (χ0v) is 13.7. The molecular weight excluding hydrogens is 292 g/mol. The van der Waals surface area contributed by atoms with Crippen molar-refractivity contribution in [3.63, 3.8) is 0 Å². The molecule has 0 radical (unpaired) electrons. The lowest BCUT2D eigenvalue weighted by molar-refractivity contribution is 0.133. The zero-order valence-electron chi connectivity index (χ0n) is 13.7. The summed E-state index contributed by atoms with van der Waals surface area (Å²) in [6, 6.07) is 8.55. The van der Waals surface area contributed by atoms with E-state index in [-0.39, 0.29) is 5.63 Å². The summed E-state index contributed by atoms with van der Waals surface area (Å²) in [6.07, 6.45) is 6.47. The first-order valence-corrected chi connectivity index (χ1v) is 7.56. The van der Waals surface area contributed by atoms with Crippen LogP contribution in [0.25, 0.3) is 11.0 Å². The van der Waals surface area contributed by atoms with Crippen LogP contribution < -0.4 is 10.4 Å². The molecule has 0 aliphatic carbocycles. The molecule has 0 unspecified atom stereocenters. The van der Waals surface area contributed by atoms with E-state index < -0.39 is 5.60 Å². The minimum absolute atomic E-state index is 0.371. The van der Waals surface area contributed by atoms with E-state index in [1.54, 1.807) is 32.1 Å². The van der Waals surface area contributed by atoms with E-state index in [9.17, 15) is 9.90 Å². The maximum absolute atomic E-state index is 11.2. The first-order chi connectivity index (χ1) is 10.8. The van der Waals surface area contributed by atoms with Gasteiger partial charge in [-0.3, -0.25) is 0 Å². The molecule has 0 aliphatic rings. The molecule has 0 saturated carbocycles. The lowest BCUT2D eigenvalue weighted by Gasteiger charge is -2.10. The average molecular weight is 314 g/mol. The van der Waals surface area contributed by atoms with Crippen LogP contribution in [0.2, 0.25) is 0 Å². The van der Waals surface area contributed by atoms with E-state index in [0.29, 0.717) is 17.9 Å². The van der Waals surface area contributed by atoms with Crippen LogP contribution in [0.15, 0.2) is 63.3 Å². The lowest BCUT2D eigenvalue weighted by atomic mass is 10.1. The highest BCUT2D eigenvalue weighted by Gasteiger charge is 2.05. The normalized spacial score (nSPS) is 13.0. The summed E-state index contributed by atoms with van der Waals surface area (Å²) in [4.78, 5) is 11.2. The molecule has 4 nitrogen and oxygen atoms in total. The third-order valence-corrected chi connectivity index (χ3v) is 3.24. The van der Waals surface area contributed by atoms with E-state index in [0.717, 1.165) is 17.4 Å². The molecule has 0 fully saturated rings. The maximum atomic E-state index is 11.2. The van der Waals surface area contributed by atoms with Crippen LogP contribution in [0.3, 0.4) is 0 Å². The topological polar surface area (TPSA) is 59.7 Å². The predicted molar refractivity (Wildman–Crippen MR) is 91.8 cm³/mol. The van der Waals surface area contributed by atoms with Gasteiger partial charge in [-0.25, -0.2) is 4.79 Å². The van der Waals surface area contributed by atoms with Crippen LogP contribution in [-0.2, 0) is 0 Å². The minimum atomic E-state index is -0.786. The highest BCUT2D eigenvalue weighted by atomic mass is 16.5. The molecular formula is C19H22O4. The van der Waals surface area contributed by atoms with Crippen molar-refractivity contribution in [2.75, 3.05) is 6.61 Å². The van der Waals surface area contributed by atoms with E-state index in [4.69, 9.17) is 9.15 Å². The van der Waals surface area contributed by atoms with E-state index in [1.807, 2.05) is 31.2 Å². The molecule has 0 saturated heterocycles. The molecule has 1 N–H and O–H groups in total. The Labute approximate surface area is 135 Å². The second-order valence-corrected chi connectivity index (χ2v) is 6.08. The molecule has 1 aromatic carbocycles. The van der Waals surface area contributed by atoms with Gasteiger partial charge in [0.05, 0.1) is 5.60 Å². The average Bonchev–Trinajstić information content (AvgIpc) is 2.45. The summed E-state index contributed by atoms with van der Waals surface area (Å²) >= 11 is 0. The fourth-order valence-electron chi connectivity index (χ4n) is 2.03. The van der Waals surface area contributed by atoms with Gasteiger partial charge in [0.2, 0.25) is 0 Å². The van der Waals surface area contributed by atoms with Gasteiger partial charge >= 0.3 is 5.63 Å². The molecule has 0 aliphatic heterocycles. The summed E-state index contributed by atoms with van der Waals surface area (Å²) in [5.74, 6) is 0.655. The van der Waals surface area contributed by atoms with Crippen LogP contribution in [0.1, 0.15) is 27.2 Å². The second-order valence-electron chi connectivity index (χ2n) is 6.08. The quantitative estimate of drug-likeness (QED) is 0.650. The predicted octanol–water partition coefficient (Wildman–Crippen LogP) is 3.84. The van der Waals surface area contributed by atoms with E-state index in [1.165, 1.54) is 6.07 Å². The second kappa shape index (κ2) is 7.29. The molecule has 0 spiro atoms. The fourth-order valence-corrected chi connectivity index (χ4v) is 2.03. The van der Waals surface area contributed by atoms with Gasteiger partial charge in [-0.05, 0) is 51.5 Å². The van der Waals surface area contributed by atoms with Crippen molar-refractivity contribution < 1.29 is 14.3 Å². The van der Waals surface area contributed by atoms with Crippen LogP contribution in [-0.4, -0.2) is 17.3 Å². The Hall–Kier alpha value is -2.33. The minimum Gasteiger partial charge on any atom is -0.489 e. The van der Waals surface area contributed by atoms with Crippen molar-refractivity contribution in [3.8, 4) is 5.75 Å². The van der Waals surface area contributed by atoms with Gasteiger partial charge in [0, 0.05) is 17.5 Å². The van der Waals surface area contributed by atoms with Gasteiger partial charge in [0.15, 0.2) is 0 Å². The number of allylic oxidation sites excluding steroid dienone is 2. The number of ether oxygens (including phenoxy) is 1. The summed E-state index contributed by atoms with van der Waals surface area (Å²) in [7, 11) is 0. The van der Waals surface area contributed by atoms with Crippen molar-refractivity contribution in [3.05, 3.63) is 64.6 Å². The maximum Gasteiger partial charge on any atom is 0.336 e. The van der Waals surface area contributed by atoms with Crippen molar-refractivity contribution in [1.82, 2.24) is 0 Å². The largest absolute Gasteiger partial charge is 0.489 e. The molecule has 0 atom stereocenters. The van der Waals surface area contributed by atoms with Crippen molar-refractivity contribution in [2.45, 2.75) is 32.8 Å². The molecule has 2 aromatic rings. The van der Waals surface area contributed by atoms with Gasteiger partial charge in [-0.15, -0.1) is 0 Å². The monoisotopic (exact) mass is 314 g/mol. The van der Waals surface area contributed by atoms with Gasteiger partial charge in [-0.1, -0.05) is 17.7 Å². The summed E-state index contributed by atoms with van der Waals surface area (Å²) in [6.45, 7) is 5.93. The van der Waals surface area contributed by atoms with Gasteiger partial charge in [-0.2, -0.15) is 0 Å². The van der Waals surface area contributed by atoms with Crippen LogP contribution in [0.4, 0.5) is 0 Å². The molecule has 122 valence electrons. The molecule has 23 heavy (non-hydrogen) atoms. The summed E-state index contributed by atoms with van der Waals surface area (Å²) in [5.41, 5.74) is 0.511. The Morgan fingerprint density at radius 2 is 2.04 bits per heavy atom. The lowest BCUT2D eigenvalue weighted by Crippen LogP contribution is -2.13. The first-order valence-electron chi connectivity index (χ1n) is 7.56. The van der Waals surface area contributed by atoms with Crippen molar-refractivity contribution in [2.24, 2.45) is 0 Å². The Bertz CT molecular complexity index is 776.